The molecule has 164 valence electrons. The second-order valence-electron chi connectivity index (χ2n) is 5.43. The third-order valence-electron chi connectivity index (χ3n) is 3.77. The Morgan fingerprint density at radius 3 is 1.11 bits per heavy atom. The lowest BCUT2D eigenvalue weighted by molar-refractivity contribution is -0.208. The van der Waals surface area contributed by atoms with Gasteiger partial charge in [0.15, 0.2) is 12.2 Å². The van der Waals surface area contributed by atoms with E-state index in [9.17, 15) is 29.4 Å². The van der Waals surface area contributed by atoms with Crippen LogP contribution in [-0.4, -0.2) is 91.1 Å². The lowest BCUT2D eigenvalue weighted by Gasteiger charge is -2.35. The van der Waals surface area contributed by atoms with E-state index < -0.39 is 47.3 Å². The van der Waals surface area contributed by atoms with Gasteiger partial charge in [0.1, 0.15) is 0 Å². The summed E-state index contributed by atoms with van der Waals surface area (Å²) < 4.78 is 8.79. The lowest BCUT2D eigenvalue weighted by Crippen LogP contribution is -2.63. The minimum atomic E-state index is -2.66. The van der Waals surface area contributed by atoms with E-state index in [1.54, 1.807) is 13.8 Å². The number of aliphatic carboxylic acids is 2. The third-order valence-corrected chi connectivity index (χ3v) is 3.77. The molecule has 28 heavy (non-hydrogen) atoms. The van der Waals surface area contributed by atoms with Crippen LogP contribution in [0.1, 0.15) is 40.5 Å². The van der Waals surface area contributed by atoms with Crippen molar-refractivity contribution in [2.45, 2.75) is 63.9 Å². The summed E-state index contributed by atoms with van der Waals surface area (Å²) in [6.07, 6.45) is -4.57. The average Bonchev–Trinajstić information content (AvgIpc) is 2.65. The normalized spacial score (nSPS) is 16.9. The van der Waals surface area contributed by atoms with Gasteiger partial charge in [-0.1, -0.05) is 13.8 Å². The first-order valence-corrected chi connectivity index (χ1v) is 8.41. The van der Waals surface area contributed by atoms with Crippen LogP contribution >= 0.6 is 0 Å². The molecule has 0 aliphatic heterocycles. The van der Waals surface area contributed by atoms with Crippen molar-refractivity contribution in [2.75, 3.05) is 13.2 Å². The van der Waals surface area contributed by atoms with Crippen LogP contribution in [0.4, 0.5) is 0 Å². The molecule has 0 aliphatic carbocycles. The summed E-state index contributed by atoms with van der Waals surface area (Å²) in [6, 6.07) is 0. The van der Waals surface area contributed by atoms with Crippen LogP contribution in [0.2, 0.25) is 0 Å². The standard InChI is InChI=1S/2C8H14O6/c1-3-7(13,5(9)10)8(14,4-2)6(11)12;1-3-13-7(11)5(9)6(10)8(12)14-4-2/h13-14H,3-4H2,1-2H3,(H,9,10)(H,11,12);5-6,9-10H,3-4H2,1-2H3. The van der Waals surface area contributed by atoms with Crippen molar-refractivity contribution in [1.29, 1.82) is 0 Å². The second-order valence-corrected chi connectivity index (χ2v) is 5.43. The van der Waals surface area contributed by atoms with E-state index in [0.717, 1.165) is 0 Å². The van der Waals surface area contributed by atoms with Crippen molar-refractivity contribution in [2.24, 2.45) is 0 Å². The van der Waals surface area contributed by atoms with Crippen LogP contribution in [0, 0.1) is 0 Å². The van der Waals surface area contributed by atoms with E-state index >= 15 is 0 Å². The van der Waals surface area contributed by atoms with Crippen molar-refractivity contribution >= 4 is 23.9 Å². The lowest BCUT2D eigenvalue weighted by atomic mass is 9.79. The Labute approximate surface area is 161 Å². The molecule has 6 N–H and O–H groups in total. The van der Waals surface area contributed by atoms with Gasteiger partial charge in [0.25, 0.3) is 0 Å². The van der Waals surface area contributed by atoms with Gasteiger partial charge in [-0.05, 0) is 26.7 Å². The summed E-state index contributed by atoms with van der Waals surface area (Å²) in [7, 11) is 0. The molecule has 0 fully saturated rings. The smallest absolute Gasteiger partial charge is 0.339 e. The van der Waals surface area contributed by atoms with Crippen LogP contribution in [0.25, 0.3) is 0 Å². The van der Waals surface area contributed by atoms with Crippen LogP contribution in [0.15, 0.2) is 0 Å². The topological polar surface area (TPSA) is 208 Å². The van der Waals surface area contributed by atoms with Gasteiger partial charge in [0.2, 0.25) is 11.2 Å². The number of rotatable bonds is 10. The average molecular weight is 412 g/mol. The number of hydrogen-bond donors (Lipinski definition) is 6. The van der Waals surface area contributed by atoms with Gasteiger partial charge in [-0.25, -0.2) is 19.2 Å². The van der Waals surface area contributed by atoms with Crippen LogP contribution in [0.5, 0.6) is 0 Å². The number of esters is 2. The number of carboxylic acid groups (broad SMARTS) is 2. The van der Waals surface area contributed by atoms with Crippen LogP contribution in [-0.2, 0) is 28.7 Å². The molecule has 0 bridgehead atoms. The van der Waals surface area contributed by atoms with E-state index in [1.807, 2.05) is 0 Å². The van der Waals surface area contributed by atoms with Gasteiger partial charge in [0, 0.05) is 0 Å². The number of hydrogen-bond acceptors (Lipinski definition) is 10. The maximum atomic E-state index is 10.9. The van der Waals surface area contributed by atoms with E-state index in [2.05, 4.69) is 9.47 Å². The summed E-state index contributed by atoms with van der Waals surface area (Å²) in [6.45, 7) is 5.79. The van der Waals surface area contributed by atoms with E-state index in [0.29, 0.717) is 0 Å². The fraction of sp³-hybridized carbons (Fsp3) is 0.750. The Bertz CT molecular complexity index is 500. The monoisotopic (exact) mass is 412 g/mol. The number of carbonyl (C=O) groups is 4. The number of aliphatic hydroxyl groups excluding tert-OH is 2. The number of aliphatic hydroxyl groups is 4. The SMILES string of the molecule is CCC(O)(C(=O)O)C(O)(CC)C(=O)O.CCOC(=O)C(O)C(O)C(=O)OCC. The number of ether oxygens (including phenoxy) is 2. The molecule has 0 spiro atoms. The van der Waals surface area contributed by atoms with E-state index in [4.69, 9.17) is 20.4 Å². The first kappa shape index (κ1) is 27.9. The van der Waals surface area contributed by atoms with Crippen LogP contribution in [0.3, 0.4) is 0 Å². The van der Waals surface area contributed by atoms with Crippen molar-refractivity contribution in [1.82, 2.24) is 0 Å². The molecule has 0 saturated heterocycles. The van der Waals surface area contributed by atoms with Crippen molar-refractivity contribution < 1.29 is 59.3 Å². The summed E-state index contributed by atoms with van der Waals surface area (Å²) in [5.74, 6) is -5.58. The quantitative estimate of drug-likeness (QED) is 0.221. The minimum Gasteiger partial charge on any atom is -0.479 e. The van der Waals surface area contributed by atoms with Crippen molar-refractivity contribution in [3.8, 4) is 0 Å². The second kappa shape index (κ2) is 12.2. The first-order chi connectivity index (χ1) is 12.8. The Kier molecular flexibility index (Phi) is 12.2. The van der Waals surface area contributed by atoms with Crippen molar-refractivity contribution in [3.05, 3.63) is 0 Å². The molecule has 12 nitrogen and oxygen atoms in total. The molecule has 0 aromatic heterocycles. The molecular weight excluding hydrogens is 384 g/mol. The zero-order valence-electron chi connectivity index (χ0n) is 16.1. The minimum absolute atomic E-state index is 0.0610. The van der Waals surface area contributed by atoms with Crippen molar-refractivity contribution in [3.63, 3.8) is 0 Å². The molecule has 0 heterocycles. The maximum Gasteiger partial charge on any atom is 0.339 e. The zero-order valence-corrected chi connectivity index (χ0v) is 16.1. The Morgan fingerprint density at radius 1 is 0.714 bits per heavy atom. The van der Waals surface area contributed by atoms with E-state index in [-0.39, 0.29) is 26.1 Å². The van der Waals surface area contributed by atoms with Gasteiger partial charge in [-0.3, -0.25) is 0 Å². The molecule has 0 amide bonds. The van der Waals surface area contributed by atoms with Gasteiger partial charge >= 0.3 is 23.9 Å². The molecule has 0 rings (SSSR count). The highest BCUT2D eigenvalue weighted by Gasteiger charge is 2.58. The predicted molar refractivity (Wildman–Crippen MR) is 91.0 cm³/mol. The summed E-state index contributed by atoms with van der Waals surface area (Å²) >= 11 is 0. The predicted octanol–water partition coefficient (Wildman–Crippen LogP) is -1.73. The third kappa shape index (κ3) is 6.71. The van der Waals surface area contributed by atoms with Gasteiger partial charge in [-0.15, -0.1) is 0 Å². The Morgan fingerprint density at radius 2 is 0.964 bits per heavy atom. The highest BCUT2D eigenvalue weighted by molar-refractivity contribution is 5.90. The molecule has 0 radical (unpaired) electrons. The van der Waals surface area contributed by atoms with Gasteiger partial charge in [-0.2, -0.15) is 0 Å². The van der Waals surface area contributed by atoms with Gasteiger partial charge < -0.3 is 40.1 Å². The highest BCUT2D eigenvalue weighted by Crippen LogP contribution is 2.29. The Balaban J connectivity index is 0. The first-order valence-electron chi connectivity index (χ1n) is 8.41. The summed E-state index contributed by atoms with van der Waals surface area (Å²) in [5.41, 5.74) is -5.32. The zero-order chi connectivity index (χ0) is 22.7. The molecule has 12 heteroatoms. The largest absolute Gasteiger partial charge is 0.479 e. The number of carbonyl (C=O) groups excluding carboxylic acids is 2. The molecule has 4 unspecified atom stereocenters. The summed E-state index contributed by atoms with van der Waals surface area (Å²) in [5, 5.41) is 54.6. The Hall–Kier alpha value is -2.28. The molecular formula is C16H28O12. The molecule has 0 aliphatic rings. The highest BCUT2D eigenvalue weighted by atomic mass is 16.6. The summed E-state index contributed by atoms with van der Waals surface area (Å²) in [4.78, 5) is 43.1. The fourth-order valence-corrected chi connectivity index (χ4v) is 1.95. The molecule has 0 aromatic carbocycles. The molecule has 0 aromatic rings. The number of carboxylic acids is 2. The maximum absolute atomic E-state index is 10.9. The molecule has 0 saturated carbocycles. The molecule has 4 atom stereocenters. The fourth-order valence-electron chi connectivity index (χ4n) is 1.95. The van der Waals surface area contributed by atoms with Gasteiger partial charge in [0.05, 0.1) is 13.2 Å². The van der Waals surface area contributed by atoms with Crippen LogP contribution < -0.4 is 0 Å². The van der Waals surface area contributed by atoms with E-state index in [1.165, 1.54) is 13.8 Å².